The number of ketones is 1. The quantitative estimate of drug-likeness (QED) is 0.884. The average molecular weight is 317 g/mol. The predicted octanol–water partition coefficient (Wildman–Crippen LogP) is 2.51. The lowest BCUT2D eigenvalue weighted by Crippen LogP contribution is -2.35. The van der Waals surface area contributed by atoms with Gasteiger partial charge in [-0.1, -0.05) is 23.7 Å². The van der Waals surface area contributed by atoms with Crippen LogP contribution in [-0.2, 0) is 9.59 Å². The third kappa shape index (κ3) is 2.56. The number of amides is 1. The molecule has 3 rings (SSSR count). The molecule has 0 radical (unpaired) electrons. The number of benzene rings is 2. The molecular formula is C16H13ClN2O3. The molecular weight excluding hydrogens is 304 g/mol. The van der Waals surface area contributed by atoms with E-state index in [4.69, 9.17) is 16.3 Å². The van der Waals surface area contributed by atoms with Gasteiger partial charge in [0.05, 0.1) is 12.8 Å². The number of ether oxygens (including phenoxy) is 1. The highest BCUT2D eigenvalue weighted by atomic mass is 35.5. The lowest BCUT2D eigenvalue weighted by Gasteiger charge is -2.17. The predicted molar refractivity (Wildman–Crippen MR) is 82.8 cm³/mol. The summed E-state index contributed by atoms with van der Waals surface area (Å²) in [5.41, 5.74) is 4.20. The summed E-state index contributed by atoms with van der Waals surface area (Å²) >= 11 is 5.84. The van der Waals surface area contributed by atoms with E-state index in [1.807, 2.05) is 0 Å². The number of hydrogen-bond acceptors (Lipinski definition) is 4. The maximum atomic E-state index is 12.2. The van der Waals surface area contributed by atoms with Gasteiger partial charge in [-0.3, -0.25) is 9.59 Å². The highest BCUT2D eigenvalue weighted by Gasteiger charge is 2.40. The van der Waals surface area contributed by atoms with Gasteiger partial charge in [-0.25, -0.2) is 10.4 Å². The highest BCUT2D eigenvalue weighted by molar-refractivity contribution is 6.45. The van der Waals surface area contributed by atoms with Crippen LogP contribution in [0.5, 0.6) is 5.75 Å². The molecule has 1 aliphatic heterocycles. The number of nitrogens with zero attached hydrogens (tertiary/aromatic N) is 1. The topological polar surface area (TPSA) is 58.6 Å². The van der Waals surface area contributed by atoms with Crippen molar-refractivity contribution in [3.05, 3.63) is 59.1 Å². The number of carbonyl (C=O) groups excluding carboxylic acids is 2. The van der Waals surface area contributed by atoms with Gasteiger partial charge in [0.25, 0.3) is 0 Å². The van der Waals surface area contributed by atoms with Crippen LogP contribution in [0, 0.1) is 0 Å². The van der Waals surface area contributed by atoms with E-state index >= 15 is 0 Å². The Morgan fingerprint density at radius 3 is 2.27 bits per heavy atom. The van der Waals surface area contributed by atoms with E-state index in [2.05, 4.69) is 5.43 Å². The number of nitrogens with one attached hydrogen (secondary N) is 1. The Labute approximate surface area is 132 Å². The fraction of sp³-hybridized carbons (Fsp3) is 0.125. The van der Waals surface area contributed by atoms with Gasteiger partial charge in [0, 0.05) is 5.02 Å². The minimum absolute atomic E-state index is 0.502. The molecule has 1 heterocycles. The van der Waals surface area contributed by atoms with Crippen LogP contribution in [0.2, 0.25) is 5.02 Å². The molecule has 0 saturated carbocycles. The first-order valence-corrected chi connectivity index (χ1v) is 7.02. The third-order valence-electron chi connectivity index (χ3n) is 3.47. The molecule has 1 unspecified atom stereocenters. The van der Waals surface area contributed by atoms with Crippen molar-refractivity contribution in [2.75, 3.05) is 12.1 Å². The Hall–Kier alpha value is -2.37. The first kappa shape index (κ1) is 14.6. The molecule has 1 atom stereocenters. The van der Waals surface area contributed by atoms with Crippen molar-refractivity contribution in [3.8, 4) is 5.75 Å². The standard InChI is InChI=1S/C16H13ClN2O3/c1-22-13-8-6-12(7-9-13)19-16(21)15(20)14(18-19)10-2-4-11(17)5-3-10/h2-9,14,18H,1H3. The number of anilines is 1. The van der Waals surface area contributed by atoms with Crippen molar-refractivity contribution in [2.24, 2.45) is 0 Å². The maximum Gasteiger partial charge on any atom is 0.310 e. The zero-order chi connectivity index (χ0) is 15.7. The van der Waals surface area contributed by atoms with Crippen LogP contribution in [0.3, 0.4) is 0 Å². The number of methoxy groups -OCH3 is 1. The monoisotopic (exact) mass is 316 g/mol. The van der Waals surface area contributed by atoms with Gasteiger partial charge >= 0.3 is 5.91 Å². The maximum absolute atomic E-state index is 12.2. The lowest BCUT2D eigenvalue weighted by molar-refractivity contribution is -0.134. The summed E-state index contributed by atoms with van der Waals surface area (Å²) in [4.78, 5) is 24.4. The number of carbonyl (C=O) groups is 2. The molecule has 112 valence electrons. The van der Waals surface area contributed by atoms with Gasteiger partial charge in [0.1, 0.15) is 11.8 Å². The second-order valence-electron chi connectivity index (χ2n) is 4.82. The molecule has 2 aromatic carbocycles. The highest BCUT2D eigenvalue weighted by Crippen LogP contribution is 2.27. The van der Waals surface area contributed by atoms with Gasteiger partial charge in [0.15, 0.2) is 0 Å². The Morgan fingerprint density at radius 1 is 1.05 bits per heavy atom. The number of hydrazine groups is 1. The molecule has 6 heteroatoms. The Balaban J connectivity index is 1.87. The van der Waals surface area contributed by atoms with Crippen LogP contribution in [0.25, 0.3) is 0 Å². The number of Topliss-reactive ketones (excluding diaryl/α,β-unsaturated/α-hetero) is 1. The van der Waals surface area contributed by atoms with Gasteiger partial charge < -0.3 is 4.74 Å². The molecule has 5 nitrogen and oxygen atoms in total. The van der Waals surface area contributed by atoms with E-state index < -0.39 is 17.7 Å². The summed E-state index contributed by atoms with van der Waals surface area (Å²) in [6.07, 6.45) is 0. The molecule has 0 bridgehead atoms. The second kappa shape index (κ2) is 5.79. The molecule has 1 amide bonds. The van der Waals surface area contributed by atoms with Crippen molar-refractivity contribution in [2.45, 2.75) is 6.04 Å². The fourth-order valence-electron chi connectivity index (χ4n) is 2.28. The zero-order valence-corrected chi connectivity index (χ0v) is 12.5. The van der Waals surface area contributed by atoms with Gasteiger partial charge in [0.2, 0.25) is 5.78 Å². The largest absolute Gasteiger partial charge is 0.497 e. The number of halogens is 1. The molecule has 0 aliphatic carbocycles. The molecule has 1 fully saturated rings. The van der Waals surface area contributed by atoms with E-state index in [1.54, 1.807) is 55.6 Å². The molecule has 22 heavy (non-hydrogen) atoms. The molecule has 1 aliphatic rings. The first-order chi connectivity index (χ1) is 10.6. The van der Waals surface area contributed by atoms with Crippen molar-refractivity contribution in [1.82, 2.24) is 5.43 Å². The smallest absolute Gasteiger partial charge is 0.310 e. The third-order valence-corrected chi connectivity index (χ3v) is 3.72. The Morgan fingerprint density at radius 2 is 1.68 bits per heavy atom. The minimum Gasteiger partial charge on any atom is -0.497 e. The summed E-state index contributed by atoms with van der Waals surface area (Å²) in [6.45, 7) is 0. The van der Waals surface area contributed by atoms with Gasteiger partial charge in [-0.15, -0.1) is 0 Å². The van der Waals surface area contributed by atoms with E-state index in [0.717, 1.165) is 0 Å². The number of rotatable bonds is 3. The van der Waals surface area contributed by atoms with Crippen LogP contribution >= 0.6 is 11.6 Å². The zero-order valence-electron chi connectivity index (χ0n) is 11.7. The summed E-state index contributed by atoms with van der Waals surface area (Å²) < 4.78 is 5.08. The Bertz CT molecular complexity index is 713. The van der Waals surface area contributed by atoms with Crippen molar-refractivity contribution < 1.29 is 14.3 Å². The second-order valence-corrected chi connectivity index (χ2v) is 5.25. The lowest BCUT2D eigenvalue weighted by atomic mass is 10.0. The van der Waals surface area contributed by atoms with E-state index in [1.165, 1.54) is 5.01 Å². The molecule has 0 spiro atoms. The van der Waals surface area contributed by atoms with Crippen molar-refractivity contribution in [1.29, 1.82) is 0 Å². The van der Waals surface area contributed by atoms with Crippen LogP contribution in [-0.4, -0.2) is 18.8 Å². The SMILES string of the molecule is COc1ccc(N2NC(c3ccc(Cl)cc3)C(=O)C2=O)cc1. The average Bonchev–Trinajstić information content (AvgIpc) is 2.84. The van der Waals surface area contributed by atoms with E-state index in [0.29, 0.717) is 22.0 Å². The van der Waals surface area contributed by atoms with Crippen LogP contribution in [0.4, 0.5) is 5.69 Å². The number of hydrogen-bond donors (Lipinski definition) is 1. The van der Waals surface area contributed by atoms with Crippen LogP contribution in [0.15, 0.2) is 48.5 Å². The molecule has 2 aromatic rings. The van der Waals surface area contributed by atoms with Crippen molar-refractivity contribution >= 4 is 29.0 Å². The molecule has 1 N–H and O–H groups in total. The summed E-state index contributed by atoms with van der Waals surface area (Å²) in [6, 6.07) is 13.0. The molecule has 1 saturated heterocycles. The van der Waals surface area contributed by atoms with Gasteiger partial charge in [-0.05, 0) is 42.0 Å². The summed E-state index contributed by atoms with van der Waals surface area (Å²) in [5.74, 6) is -0.417. The summed E-state index contributed by atoms with van der Waals surface area (Å²) in [7, 11) is 1.56. The minimum atomic E-state index is -0.702. The van der Waals surface area contributed by atoms with E-state index in [9.17, 15) is 9.59 Å². The fourth-order valence-corrected chi connectivity index (χ4v) is 2.41. The summed E-state index contributed by atoms with van der Waals surface area (Å²) in [5, 5.41) is 1.83. The van der Waals surface area contributed by atoms with Gasteiger partial charge in [-0.2, -0.15) is 0 Å². The molecule has 0 aromatic heterocycles. The van der Waals surface area contributed by atoms with Crippen molar-refractivity contribution in [3.63, 3.8) is 0 Å². The van der Waals surface area contributed by atoms with Crippen LogP contribution in [0.1, 0.15) is 11.6 Å². The van der Waals surface area contributed by atoms with Crippen LogP contribution < -0.4 is 15.2 Å². The first-order valence-electron chi connectivity index (χ1n) is 6.64. The van der Waals surface area contributed by atoms with E-state index in [-0.39, 0.29) is 0 Å². The Kier molecular flexibility index (Phi) is 3.83. The normalized spacial score (nSPS) is 17.9.